The number of aromatic amines is 1. The predicted molar refractivity (Wildman–Crippen MR) is 138 cm³/mol. The van der Waals surface area contributed by atoms with Crippen LogP contribution in [-0.2, 0) is 11.2 Å². The van der Waals surface area contributed by atoms with Gasteiger partial charge in [-0.25, -0.2) is 4.79 Å². The molecule has 2 aromatic carbocycles. The molecule has 3 aliphatic rings. The lowest BCUT2D eigenvalue weighted by molar-refractivity contribution is -0.151. The Morgan fingerprint density at radius 1 is 1.27 bits per heavy atom. The number of H-pyrrole nitrogens is 1. The van der Waals surface area contributed by atoms with Crippen LogP contribution in [0.3, 0.4) is 0 Å². The molecule has 9 nitrogen and oxygen atoms in total. The number of piperidine rings is 1. The topological polar surface area (TPSA) is 107 Å². The monoisotopic (exact) mass is 504 g/mol. The summed E-state index contributed by atoms with van der Waals surface area (Å²) >= 11 is 0. The number of urea groups is 1. The van der Waals surface area contributed by atoms with Gasteiger partial charge in [-0.15, -0.1) is 0 Å². The van der Waals surface area contributed by atoms with Crippen molar-refractivity contribution in [3.05, 3.63) is 47.7 Å². The van der Waals surface area contributed by atoms with Gasteiger partial charge in [-0.05, 0) is 49.9 Å². The molecule has 0 unspecified atom stereocenters. The van der Waals surface area contributed by atoms with Crippen molar-refractivity contribution in [3.63, 3.8) is 0 Å². The van der Waals surface area contributed by atoms with Gasteiger partial charge in [0.05, 0.1) is 23.6 Å². The molecule has 0 radical (unpaired) electrons. The summed E-state index contributed by atoms with van der Waals surface area (Å²) in [6, 6.07) is 11.4. The van der Waals surface area contributed by atoms with Crippen LogP contribution >= 0.6 is 0 Å². The van der Waals surface area contributed by atoms with Crippen LogP contribution in [0.25, 0.3) is 22.0 Å². The summed E-state index contributed by atoms with van der Waals surface area (Å²) < 4.78 is 11.1. The number of amides is 3. The molecule has 194 valence electrons. The number of rotatable bonds is 4. The van der Waals surface area contributed by atoms with Gasteiger partial charge in [0.25, 0.3) is 0 Å². The van der Waals surface area contributed by atoms with Crippen LogP contribution in [-0.4, -0.2) is 70.9 Å². The van der Waals surface area contributed by atoms with Crippen LogP contribution in [0.5, 0.6) is 11.5 Å². The minimum Gasteiger partial charge on any atom is -0.454 e. The minimum absolute atomic E-state index is 0.104. The lowest BCUT2D eigenvalue weighted by Gasteiger charge is -2.48. The van der Waals surface area contributed by atoms with Gasteiger partial charge in [0.2, 0.25) is 12.7 Å². The number of aliphatic hydroxyl groups excluding tert-OH is 1. The molecule has 0 spiro atoms. The average molecular weight is 505 g/mol. The summed E-state index contributed by atoms with van der Waals surface area (Å²) in [6.07, 6.45) is 0.414. The largest absolute Gasteiger partial charge is 0.454 e. The lowest BCUT2D eigenvalue weighted by Crippen LogP contribution is -2.60. The van der Waals surface area contributed by atoms with E-state index in [4.69, 9.17) is 9.47 Å². The highest BCUT2D eigenvalue weighted by Gasteiger charge is 2.49. The highest BCUT2D eigenvalue weighted by Crippen LogP contribution is 2.45. The SMILES string of the molecule is CCNC(=O)N(C)[C@H]1C[C@H]2c3[nH]c4c(-c5ccc6c(c5)OCO6)cccc4c3CCN2C(=O)[C@H]1[C@H](C)O. The van der Waals surface area contributed by atoms with Crippen molar-refractivity contribution in [2.24, 2.45) is 5.92 Å². The Bertz CT molecular complexity index is 1380. The second-order valence-corrected chi connectivity index (χ2v) is 10.1. The van der Waals surface area contributed by atoms with Gasteiger partial charge in [0.1, 0.15) is 0 Å². The summed E-state index contributed by atoms with van der Waals surface area (Å²) in [5.41, 5.74) is 5.32. The van der Waals surface area contributed by atoms with Crippen LogP contribution in [0.4, 0.5) is 4.79 Å². The first-order valence-corrected chi connectivity index (χ1v) is 12.9. The first-order valence-electron chi connectivity index (χ1n) is 12.9. The zero-order chi connectivity index (χ0) is 25.8. The number of carbonyl (C=O) groups is 2. The molecule has 3 N–H and O–H groups in total. The number of hydrogen-bond donors (Lipinski definition) is 3. The number of fused-ring (bicyclic) bond motifs is 6. The molecule has 3 aromatic rings. The van der Waals surface area contributed by atoms with Crippen LogP contribution < -0.4 is 14.8 Å². The molecule has 9 heteroatoms. The first kappa shape index (κ1) is 23.7. The van der Waals surface area contributed by atoms with Gasteiger partial charge in [-0.3, -0.25) is 4.79 Å². The number of carbonyl (C=O) groups excluding carboxylic acids is 2. The molecule has 0 aliphatic carbocycles. The molecule has 3 amide bonds. The normalized spacial score (nSPS) is 23.0. The molecule has 0 saturated carbocycles. The van der Waals surface area contributed by atoms with E-state index in [1.54, 1.807) is 18.9 Å². The van der Waals surface area contributed by atoms with E-state index in [0.29, 0.717) is 19.5 Å². The van der Waals surface area contributed by atoms with E-state index in [2.05, 4.69) is 28.5 Å². The number of ether oxygens (including phenoxy) is 2. The number of benzene rings is 2. The van der Waals surface area contributed by atoms with Gasteiger partial charge in [-0.1, -0.05) is 24.3 Å². The molecule has 1 aromatic heterocycles. The van der Waals surface area contributed by atoms with E-state index >= 15 is 0 Å². The summed E-state index contributed by atoms with van der Waals surface area (Å²) in [5, 5.41) is 14.5. The number of nitrogens with zero attached hydrogens (tertiary/aromatic N) is 2. The van der Waals surface area contributed by atoms with Gasteiger partial charge < -0.3 is 34.7 Å². The molecule has 1 fully saturated rings. The smallest absolute Gasteiger partial charge is 0.317 e. The van der Waals surface area contributed by atoms with E-state index in [1.807, 2.05) is 30.0 Å². The van der Waals surface area contributed by atoms with Crippen molar-refractivity contribution in [3.8, 4) is 22.6 Å². The fourth-order valence-corrected chi connectivity index (χ4v) is 6.29. The summed E-state index contributed by atoms with van der Waals surface area (Å²) in [5.74, 6) is 0.704. The van der Waals surface area contributed by atoms with E-state index in [1.165, 1.54) is 5.56 Å². The van der Waals surface area contributed by atoms with Crippen molar-refractivity contribution in [2.75, 3.05) is 26.9 Å². The van der Waals surface area contributed by atoms with Crippen molar-refractivity contribution in [2.45, 2.75) is 44.9 Å². The Kier molecular flexibility index (Phi) is 5.75. The van der Waals surface area contributed by atoms with Crippen LogP contribution in [0, 0.1) is 5.92 Å². The molecule has 37 heavy (non-hydrogen) atoms. The fraction of sp³-hybridized carbons (Fsp3) is 0.429. The third-order valence-electron chi connectivity index (χ3n) is 8.08. The minimum atomic E-state index is -0.864. The molecule has 6 rings (SSSR count). The lowest BCUT2D eigenvalue weighted by atomic mass is 9.79. The maximum absolute atomic E-state index is 13.7. The maximum atomic E-state index is 13.7. The maximum Gasteiger partial charge on any atom is 0.317 e. The molecule has 3 aliphatic heterocycles. The Morgan fingerprint density at radius 2 is 2.08 bits per heavy atom. The molecule has 1 saturated heterocycles. The Hall–Kier alpha value is -3.72. The Morgan fingerprint density at radius 3 is 2.86 bits per heavy atom. The standard InChI is InChI=1S/C28H32N4O5/c1-4-29-28(35)31(3)20-13-21-26-19(10-11-32(21)27(34)24(20)15(2)33)18-7-5-6-17(25(18)30-26)16-8-9-22-23(12-16)37-14-36-22/h5-9,12,15,20-21,24,30,33H,4,10-11,13-14H2,1-3H3,(H,29,35)/t15-,20-,21-,24-/m0/s1. The Labute approximate surface area is 215 Å². The van der Waals surface area contributed by atoms with Gasteiger partial charge in [0, 0.05) is 42.8 Å². The van der Waals surface area contributed by atoms with Crippen molar-refractivity contribution in [1.82, 2.24) is 20.1 Å². The second kappa shape index (κ2) is 8.99. The van der Waals surface area contributed by atoms with Crippen molar-refractivity contribution < 1.29 is 24.2 Å². The fourth-order valence-electron chi connectivity index (χ4n) is 6.29. The summed E-state index contributed by atoms with van der Waals surface area (Å²) in [6.45, 7) is 4.80. The number of nitrogens with one attached hydrogen (secondary N) is 2. The summed E-state index contributed by atoms with van der Waals surface area (Å²) in [4.78, 5) is 33.6. The quantitative estimate of drug-likeness (QED) is 0.505. The van der Waals surface area contributed by atoms with E-state index in [9.17, 15) is 14.7 Å². The highest BCUT2D eigenvalue weighted by atomic mass is 16.7. The number of para-hydroxylation sites is 1. The Balaban J connectivity index is 1.42. The van der Waals surface area contributed by atoms with Gasteiger partial charge in [0.15, 0.2) is 11.5 Å². The van der Waals surface area contributed by atoms with E-state index < -0.39 is 18.1 Å². The second-order valence-electron chi connectivity index (χ2n) is 10.1. The number of aliphatic hydroxyl groups is 1. The average Bonchev–Trinajstić information content (AvgIpc) is 3.52. The zero-order valence-corrected chi connectivity index (χ0v) is 21.3. The zero-order valence-electron chi connectivity index (χ0n) is 21.3. The van der Waals surface area contributed by atoms with Crippen LogP contribution in [0.2, 0.25) is 0 Å². The van der Waals surface area contributed by atoms with Gasteiger partial charge in [-0.2, -0.15) is 0 Å². The van der Waals surface area contributed by atoms with Crippen molar-refractivity contribution >= 4 is 22.8 Å². The van der Waals surface area contributed by atoms with Gasteiger partial charge >= 0.3 is 6.03 Å². The number of hydrogen-bond acceptors (Lipinski definition) is 5. The number of aromatic nitrogens is 1. The van der Waals surface area contributed by atoms with Crippen LogP contribution in [0.1, 0.15) is 37.6 Å². The molecule has 4 heterocycles. The first-order chi connectivity index (χ1) is 17.9. The van der Waals surface area contributed by atoms with Crippen molar-refractivity contribution in [1.29, 1.82) is 0 Å². The molecular formula is C28H32N4O5. The van der Waals surface area contributed by atoms with E-state index in [-0.39, 0.29) is 24.8 Å². The highest BCUT2D eigenvalue weighted by molar-refractivity contribution is 5.98. The van der Waals surface area contributed by atoms with Crippen LogP contribution in [0.15, 0.2) is 36.4 Å². The van der Waals surface area contributed by atoms with E-state index in [0.717, 1.165) is 45.6 Å². The third-order valence-corrected chi connectivity index (χ3v) is 8.08. The molecule has 4 atom stereocenters. The molecule has 0 bridgehead atoms. The molecular weight excluding hydrogens is 472 g/mol. The summed E-state index contributed by atoms with van der Waals surface area (Å²) in [7, 11) is 1.71. The predicted octanol–water partition coefficient (Wildman–Crippen LogP) is 3.42. The third kappa shape index (κ3) is 3.71.